The van der Waals surface area contributed by atoms with Crippen LogP contribution in [0.5, 0.6) is 0 Å². The normalized spacial score (nSPS) is 12.3. The Hall–Kier alpha value is -1.16. The molecular formula is C18H22BrNO. The molecule has 2 aromatic carbocycles. The van der Waals surface area contributed by atoms with Crippen molar-refractivity contribution in [3.05, 3.63) is 70.2 Å². The first-order chi connectivity index (χ1) is 10.3. The monoisotopic (exact) mass is 347 g/mol. The Kier molecular flexibility index (Phi) is 6.93. The van der Waals surface area contributed by atoms with Gasteiger partial charge in [-0.15, -0.1) is 0 Å². The maximum absolute atomic E-state index is 5.09. The quantitative estimate of drug-likeness (QED) is 0.728. The minimum absolute atomic E-state index is 0.476. The Bertz CT molecular complexity index is 513. The van der Waals surface area contributed by atoms with Crippen LogP contribution in [0.1, 0.15) is 17.0 Å². The molecule has 1 atom stereocenters. The summed E-state index contributed by atoms with van der Waals surface area (Å²) in [6.07, 6.45) is 1.04. The van der Waals surface area contributed by atoms with Gasteiger partial charge in [0.05, 0.1) is 6.61 Å². The van der Waals surface area contributed by atoms with Crippen molar-refractivity contribution < 1.29 is 4.74 Å². The van der Waals surface area contributed by atoms with Gasteiger partial charge in [0.1, 0.15) is 0 Å². The van der Waals surface area contributed by atoms with Gasteiger partial charge >= 0.3 is 0 Å². The van der Waals surface area contributed by atoms with E-state index in [-0.39, 0.29) is 0 Å². The Balaban J connectivity index is 2.02. The number of hydrogen-bond acceptors (Lipinski definition) is 2. The van der Waals surface area contributed by atoms with E-state index >= 15 is 0 Å². The van der Waals surface area contributed by atoms with Crippen molar-refractivity contribution in [1.29, 1.82) is 0 Å². The third kappa shape index (κ3) is 5.62. The highest BCUT2D eigenvalue weighted by Gasteiger charge is 2.11. The molecule has 0 fully saturated rings. The van der Waals surface area contributed by atoms with E-state index in [1.807, 2.05) is 0 Å². The minimum Gasteiger partial charge on any atom is -0.383 e. The average Bonchev–Trinajstić information content (AvgIpc) is 2.53. The second kappa shape index (κ2) is 8.98. The fraction of sp³-hybridized carbons (Fsp3) is 0.333. The molecule has 0 heterocycles. The smallest absolute Gasteiger partial charge is 0.0587 e. The first-order valence-electron chi connectivity index (χ1n) is 7.28. The summed E-state index contributed by atoms with van der Waals surface area (Å²) in [5.41, 5.74) is 2.74. The predicted octanol–water partition coefficient (Wildman–Crippen LogP) is 4.01. The van der Waals surface area contributed by atoms with Gasteiger partial charge in [-0.1, -0.05) is 58.4 Å². The molecule has 3 heteroatoms. The molecular weight excluding hydrogens is 326 g/mol. The summed E-state index contributed by atoms with van der Waals surface area (Å²) in [5.74, 6) is 0.476. The summed E-state index contributed by atoms with van der Waals surface area (Å²) >= 11 is 3.49. The van der Waals surface area contributed by atoms with Gasteiger partial charge in [-0.2, -0.15) is 0 Å². The number of rotatable bonds is 8. The molecule has 0 saturated heterocycles. The van der Waals surface area contributed by atoms with Crippen molar-refractivity contribution in [3.8, 4) is 0 Å². The van der Waals surface area contributed by atoms with Crippen molar-refractivity contribution in [3.63, 3.8) is 0 Å². The van der Waals surface area contributed by atoms with Crippen LogP contribution in [0.15, 0.2) is 59.1 Å². The fourth-order valence-corrected chi connectivity index (χ4v) is 2.65. The molecule has 0 aliphatic carbocycles. The van der Waals surface area contributed by atoms with Crippen LogP contribution in [-0.2, 0) is 11.2 Å². The van der Waals surface area contributed by atoms with Crippen LogP contribution in [0.25, 0.3) is 0 Å². The standard InChI is InChI=1S/C18H22BrNO/c1-21-12-11-20-14-17(16-5-3-2-4-6-16)13-15-7-9-18(19)10-8-15/h2-10,17,20H,11-14H2,1H3. The molecule has 2 aromatic rings. The van der Waals surface area contributed by atoms with E-state index in [0.29, 0.717) is 5.92 Å². The van der Waals surface area contributed by atoms with Crippen molar-refractivity contribution in [2.45, 2.75) is 12.3 Å². The summed E-state index contributed by atoms with van der Waals surface area (Å²) in [4.78, 5) is 0. The van der Waals surface area contributed by atoms with Crippen LogP contribution in [0, 0.1) is 0 Å². The van der Waals surface area contributed by atoms with E-state index < -0.39 is 0 Å². The molecule has 0 radical (unpaired) electrons. The van der Waals surface area contributed by atoms with E-state index in [4.69, 9.17) is 4.74 Å². The van der Waals surface area contributed by atoms with Crippen LogP contribution < -0.4 is 5.32 Å². The highest BCUT2D eigenvalue weighted by molar-refractivity contribution is 9.10. The third-order valence-electron chi connectivity index (χ3n) is 3.54. The maximum Gasteiger partial charge on any atom is 0.0587 e. The Morgan fingerprint density at radius 2 is 1.76 bits per heavy atom. The highest BCUT2D eigenvalue weighted by atomic mass is 79.9. The predicted molar refractivity (Wildman–Crippen MR) is 91.8 cm³/mol. The number of benzene rings is 2. The molecule has 0 spiro atoms. The lowest BCUT2D eigenvalue weighted by molar-refractivity contribution is 0.199. The largest absolute Gasteiger partial charge is 0.383 e. The summed E-state index contributed by atoms with van der Waals surface area (Å²) in [6.45, 7) is 2.60. The molecule has 0 saturated carbocycles. The molecule has 0 aliphatic rings. The van der Waals surface area contributed by atoms with Crippen molar-refractivity contribution in [2.75, 3.05) is 26.8 Å². The van der Waals surface area contributed by atoms with Crippen molar-refractivity contribution in [1.82, 2.24) is 5.32 Å². The summed E-state index contributed by atoms with van der Waals surface area (Å²) in [7, 11) is 1.73. The first kappa shape index (κ1) is 16.2. The zero-order chi connectivity index (χ0) is 14.9. The molecule has 21 heavy (non-hydrogen) atoms. The molecule has 0 bridgehead atoms. The van der Waals surface area contributed by atoms with Crippen LogP contribution in [0.2, 0.25) is 0 Å². The summed E-state index contributed by atoms with van der Waals surface area (Å²) in [5, 5.41) is 3.48. The molecule has 1 unspecified atom stereocenters. The molecule has 1 N–H and O–H groups in total. The molecule has 2 rings (SSSR count). The van der Waals surface area contributed by atoms with Gasteiger partial charge in [0.15, 0.2) is 0 Å². The lowest BCUT2D eigenvalue weighted by atomic mass is 9.92. The van der Waals surface area contributed by atoms with E-state index in [0.717, 1.165) is 30.6 Å². The van der Waals surface area contributed by atoms with E-state index in [1.165, 1.54) is 11.1 Å². The maximum atomic E-state index is 5.09. The Morgan fingerprint density at radius 1 is 1.05 bits per heavy atom. The van der Waals surface area contributed by atoms with Gasteiger partial charge in [-0.05, 0) is 29.7 Å². The molecule has 0 aromatic heterocycles. The number of nitrogens with one attached hydrogen (secondary N) is 1. The molecule has 112 valence electrons. The molecule has 0 amide bonds. The van der Waals surface area contributed by atoms with E-state index in [1.54, 1.807) is 7.11 Å². The van der Waals surface area contributed by atoms with Gasteiger partial charge in [0.25, 0.3) is 0 Å². The van der Waals surface area contributed by atoms with E-state index in [2.05, 4.69) is 75.8 Å². The van der Waals surface area contributed by atoms with Crippen molar-refractivity contribution >= 4 is 15.9 Å². The SMILES string of the molecule is COCCNCC(Cc1ccc(Br)cc1)c1ccccc1. The van der Waals surface area contributed by atoms with Crippen LogP contribution in [0.4, 0.5) is 0 Å². The molecule has 0 aliphatic heterocycles. The zero-order valence-corrected chi connectivity index (χ0v) is 14.0. The average molecular weight is 348 g/mol. The van der Waals surface area contributed by atoms with E-state index in [9.17, 15) is 0 Å². The third-order valence-corrected chi connectivity index (χ3v) is 4.07. The second-order valence-corrected chi connectivity index (χ2v) is 6.05. The van der Waals surface area contributed by atoms with Crippen LogP contribution >= 0.6 is 15.9 Å². The topological polar surface area (TPSA) is 21.3 Å². The molecule has 2 nitrogen and oxygen atoms in total. The van der Waals surface area contributed by atoms with Crippen molar-refractivity contribution in [2.24, 2.45) is 0 Å². The Morgan fingerprint density at radius 3 is 2.43 bits per heavy atom. The summed E-state index contributed by atoms with van der Waals surface area (Å²) in [6, 6.07) is 19.3. The zero-order valence-electron chi connectivity index (χ0n) is 12.4. The minimum atomic E-state index is 0.476. The number of ether oxygens (including phenoxy) is 1. The fourth-order valence-electron chi connectivity index (χ4n) is 2.39. The number of methoxy groups -OCH3 is 1. The van der Waals surface area contributed by atoms with Crippen LogP contribution in [-0.4, -0.2) is 26.8 Å². The van der Waals surface area contributed by atoms with Gasteiger partial charge in [0.2, 0.25) is 0 Å². The lowest BCUT2D eigenvalue weighted by Gasteiger charge is -2.18. The highest BCUT2D eigenvalue weighted by Crippen LogP contribution is 2.21. The van der Waals surface area contributed by atoms with Crippen LogP contribution in [0.3, 0.4) is 0 Å². The summed E-state index contributed by atoms with van der Waals surface area (Å²) < 4.78 is 6.22. The number of hydrogen-bond donors (Lipinski definition) is 1. The van der Waals surface area contributed by atoms with Gasteiger partial charge in [0, 0.05) is 30.6 Å². The second-order valence-electron chi connectivity index (χ2n) is 5.14. The van der Waals surface area contributed by atoms with Gasteiger partial charge < -0.3 is 10.1 Å². The number of halogens is 1. The first-order valence-corrected chi connectivity index (χ1v) is 8.08. The lowest BCUT2D eigenvalue weighted by Crippen LogP contribution is -2.26. The Labute approximate surface area is 135 Å². The van der Waals surface area contributed by atoms with Gasteiger partial charge in [-0.3, -0.25) is 0 Å². The van der Waals surface area contributed by atoms with Gasteiger partial charge in [-0.25, -0.2) is 0 Å².